The minimum atomic E-state index is -0.349. The molecule has 18 heavy (non-hydrogen) atoms. The van der Waals surface area contributed by atoms with Gasteiger partial charge in [-0.3, -0.25) is 4.79 Å². The maximum absolute atomic E-state index is 11.3. The van der Waals surface area contributed by atoms with Gasteiger partial charge in [0.1, 0.15) is 0 Å². The predicted molar refractivity (Wildman–Crippen MR) is 72.3 cm³/mol. The van der Waals surface area contributed by atoms with Crippen molar-refractivity contribution in [1.82, 2.24) is 10.2 Å². The van der Waals surface area contributed by atoms with Crippen molar-refractivity contribution in [2.75, 3.05) is 20.1 Å². The van der Waals surface area contributed by atoms with E-state index >= 15 is 0 Å². The third kappa shape index (κ3) is 3.31. The van der Waals surface area contributed by atoms with Crippen LogP contribution in [-0.2, 0) is 6.54 Å². The molecule has 0 aromatic heterocycles. The van der Waals surface area contributed by atoms with Crippen molar-refractivity contribution in [1.29, 1.82) is 0 Å². The smallest absolute Gasteiger partial charge is 0.249 e. The summed E-state index contributed by atoms with van der Waals surface area (Å²) in [6.45, 7) is 2.89. The number of rotatable bonds is 5. The summed E-state index contributed by atoms with van der Waals surface area (Å²) >= 11 is 0. The normalized spacial score (nSPS) is 19.3. The predicted octanol–water partition coefficient (Wildman–Crippen LogP) is 0.969. The number of benzene rings is 1. The Morgan fingerprint density at radius 3 is 2.94 bits per heavy atom. The van der Waals surface area contributed by atoms with Crippen LogP contribution in [0.4, 0.5) is 0 Å². The summed E-state index contributed by atoms with van der Waals surface area (Å²) in [6, 6.07) is 8.14. The fraction of sp³-hybridized carbons (Fsp3) is 0.500. The van der Waals surface area contributed by atoms with Crippen LogP contribution in [0.25, 0.3) is 0 Å². The largest absolute Gasteiger partial charge is 0.366 e. The first-order chi connectivity index (χ1) is 8.66. The van der Waals surface area contributed by atoms with Crippen molar-refractivity contribution in [3.63, 3.8) is 0 Å². The molecule has 0 radical (unpaired) electrons. The van der Waals surface area contributed by atoms with E-state index in [1.165, 1.54) is 12.8 Å². The summed E-state index contributed by atoms with van der Waals surface area (Å²) in [5.41, 5.74) is 7.02. The van der Waals surface area contributed by atoms with E-state index in [2.05, 4.69) is 17.3 Å². The molecule has 4 heteroatoms. The molecule has 1 aromatic rings. The van der Waals surface area contributed by atoms with Gasteiger partial charge < -0.3 is 16.0 Å². The Bertz CT molecular complexity index is 413. The number of hydrogen-bond acceptors (Lipinski definition) is 3. The molecule has 2 rings (SSSR count). The molecule has 1 aromatic carbocycles. The molecule has 1 fully saturated rings. The molecule has 1 saturated heterocycles. The van der Waals surface area contributed by atoms with Crippen molar-refractivity contribution in [2.45, 2.75) is 25.4 Å². The summed E-state index contributed by atoms with van der Waals surface area (Å²) in [5.74, 6) is -0.349. The third-order valence-electron chi connectivity index (χ3n) is 3.42. The lowest BCUT2D eigenvalue weighted by Gasteiger charge is -2.21. The van der Waals surface area contributed by atoms with E-state index in [4.69, 9.17) is 5.73 Å². The average molecular weight is 247 g/mol. The molecule has 1 unspecified atom stereocenters. The highest BCUT2D eigenvalue weighted by molar-refractivity contribution is 5.94. The van der Waals surface area contributed by atoms with Gasteiger partial charge in [-0.1, -0.05) is 18.2 Å². The van der Waals surface area contributed by atoms with Gasteiger partial charge in [-0.15, -0.1) is 0 Å². The van der Waals surface area contributed by atoms with Crippen LogP contribution in [0.1, 0.15) is 28.8 Å². The molecule has 1 aliphatic heterocycles. The van der Waals surface area contributed by atoms with Gasteiger partial charge in [0.25, 0.3) is 0 Å². The number of carbonyl (C=O) groups excluding carboxylic acids is 1. The van der Waals surface area contributed by atoms with Crippen molar-refractivity contribution in [2.24, 2.45) is 5.73 Å². The summed E-state index contributed by atoms with van der Waals surface area (Å²) in [4.78, 5) is 13.6. The molecule has 98 valence electrons. The standard InChI is InChI=1S/C14H21N3O/c1-17(10-12-6-4-8-16-12)9-11-5-2-3-7-13(11)14(15)18/h2-3,5,7,12,16H,4,6,8-10H2,1H3,(H2,15,18). The van der Waals surface area contributed by atoms with Gasteiger partial charge in [0.2, 0.25) is 5.91 Å². The molecule has 0 aliphatic carbocycles. The minimum Gasteiger partial charge on any atom is -0.366 e. The van der Waals surface area contributed by atoms with Crippen LogP contribution in [-0.4, -0.2) is 37.0 Å². The highest BCUT2D eigenvalue weighted by Crippen LogP contribution is 2.12. The molecular formula is C14H21N3O. The molecule has 1 aliphatic rings. The Hall–Kier alpha value is -1.39. The number of carbonyl (C=O) groups is 1. The lowest BCUT2D eigenvalue weighted by molar-refractivity contribution is 0.0998. The monoisotopic (exact) mass is 247 g/mol. The van der Waals surface area contributed by atoms with E-state index in [1.54, 1.807) is 6.07 Å². The van der Waals surface area contributed by atoms with Gasteiger partial charge in [0.05, 0.1) is 0 Å². The number of amides is 1. The molecule has 0 saturated carbocycles. The first-order valence-electron chi connectivity index (χ1n) is 6.46. The molecule has 0 spiro atoms. The number of primary amides is 1. The van der Waals surface area contributed by atoms with Crippen molar-refractivity contribution < 1.29 is 4.79 Å². The topological polar surface area (TPSA) is 58.4 Å². The fourth-order valence-electron chi connectivity index (χ4n) is 2.54. The van der Waals surface area contributed by atoms with E-state index in [0.717, 1.165) is 25.2 Å². The number of hydrogen-bond donors (Lipinski definition) is 2. The Kier molecular flexibility index (Phi) is 4.33. The zero-order chi connectivity index (χ0) is 13.0. The van der Waals surface area contributed by atoms with Crippen LogP contribution < -0.4 is 11.1 Å². The van der Waals surface area contributed by atoms with E-state index in [0.29, 0.717) is 11.6 Å². The maximum atomic E-state index is 11.3. The molecule has 1 amide bonds. The second kappa shape index (κ2) is 5.98. The van der Waals surface area contributed by atoms with Crippen molar-refractivity contribution in [3.05, 3.63) is 35.4 Å². The number of nitrogens with two attached hydrogens (primary N) is 1. The van der Waals surface area contributed by atoms with Crippen LogP contribution in [0.5, 0.6) is 0 Å². The molecule has 0 bridgehead atoms. The van der Waals surface area contributed by atoms with Crippen molar-refractivity contribution in [3.8, 4) is 0 Å². The Balaban J connectivity index is 1.97. The van der Waals surface area contributed by atoms with Crippen molar-refractivity contribution >= 4 is 5.91 Å². The lowest BCUT2D eigenvalue weighted by Crippen LogP contribution is -2.35. The SMILES string of the molecule is CN(Cc1ccccc1C(N)=O)CC1CCCN1. The number of nitrogens with zero attached hydrogens (tertiary/aromatic N) is 1. The van der Waals surface area contributed by atoms with Crippen LogP contribution in [0.15, 0.2) is 24.3 Å². The second-order valence-corrected chi connectivity index (χ2v) is 5.01. The van der Waals surface area contributed by atoms with Gasteiger partial charge >= 0.3 is 0 Å². The van der Waals surface area contributed by atoms with E-state index in [-0.39, 0.29) is 5.91 Å². The van der Waals surface area contributed by atoms with E-state index < -0.39 is 0 Å². The Morgan fingerprint density at radius 2 is 2.28 bits per heavy atom. The molecule has 1 heterocycles. The molecule has 1 atom stereocenters. The second-order valence-electron chi connectivity index (χ2n) is 5.01. The van der Waals surface area contributed by atoms with Crippen LogP contribution in [0.3, 0.4) is 0 Å². The van der Waals surface area contributed by atoms with Gasteiger partial charge in [-0.2, -0.15) is 0 Å². The lowest BCUT2D eigenvalue weighted by atomic mass is 10.1. The highest BCUT2D eigenvalue weighted by Gasteiger charge is 2.17. The van der Waals surface area contributed by atoms with E-state index in [9.17, 15) is 4.79 Å². The minimum absolute atomic E-state index is 0.349. The summed E-state index contributed by atoms with van der Waals surface area (Å²) in [7, 11) is 2.08. The van der Waals surface area contributed by atoms with Crippen LogP contribution in [0.2, 0.25) is 0 Å². The molecular weight excluding hydrogens is 226 g/mol. The van der Waals surface area contributed by atoms with Crippen LogP contribution >= 0.6 is 0 Å². The van der Waals surface area contributed by atoms with Gasteiger partial charge in [0, 0.05) is 24.7 Å². The number of likely N-dealkylation sites (N-methyl/N-ethyl adjacent to an activating group) is 1. The summed E-state index contributed by atoms with van der Waals surface area (Å²) in [5, 5.41) is 3.48. The van der Waals surface area contributed by atoms with Gasteiger partial charge in [0.15, 0.2) is 0 Å². The molecule has 4 nitrogen and oxygen atoms in total. The first kappa shape index (κ1) is 13.1. The Labute approximate surface area is 108 Å². The molecule has 3 N–H and O–H groups in total. The van der Waals surface area contributed by atoms with Gasteiger partial charge in [-0.25, -0.2) is 0 Å². The fourth-order valence-corrected chi connectivity index (χ4v) is 2.54. The maximum Gasteiger partial charge on any atom is 0.249 e. The highest BCUT2D eigenvalue weighted by atomic mass is 16.1. The van der Waals surface area contributed by atoms with Crippen LogP contribution in [0, 0.1) is 0 Å². The zero-order valence-corrected chi connectivity index (χ0v) is 10.9. The van der Waals surface area contributed by atoms with E-state index in [1.807, 2.05) is 18.2 Å². The quantitative estimate of drug-likeness (QED) is 0.815. The van der Waals surface area contributed by atoms with Gasteiger partial charge in [-0.05, 0) is 38.1 Å². The summed E-state index contributed by atoms with van der Waals surface area (Å²) in [6.07, 6.45) is 2.50. The first-order valence-corrected chi connectivity index (χ1v) is 6.46. The Morgan fingerprint density at radius 1 is 1.50 bits per heavy atom. The summed E-state index contributed by atoms with van der Waals surface area (Å²) < 4.78 is 0. The average Bonchev–Trinajstić information content (AvgIpc) is 2.82. The zero-order valence-electron chi connectivity index (χ0n) is 10.9. The third-order valence-corrected chi connectivity index (χ3v) is 3.42. The number of nitrogens with one attached hydrogen (secondary N) is 1.